The quantitative estimate of drug-likeness (QED) is 0.611. The molecule has 0 heterocycles. The Morgan fingerprint density at radius 3 is 2.53 bits per heavy atom. The highest BCUT2D eigenvalue weighted by Gasteiger charge is 2.20. The van der Waals surface area contributed by atoms with Gasteiger partial charge < -0.3 is 4.90 Å². The number of sulfonamides is 1. The Morgan fingerprint density at radius 1 is 1.42 bits per heavy atom. The summed E-state index contributed by atoms with van der Waals surface area (Å²) in [6, 6.07) is 2.46. The van der Waals surface area contributed by atoms with E-state index >= 15 is 0 Å². The third-order valence-corrected chi connectivity index (χ3v) is 3.74. The van der Waals surface area contributed by atoms with E-state index < -0.39 is 26.5 Å². The molecule has 1 aromatic carbocycles. The van der Waals surface area contributed by atoms with Gasteiger partial charge in [-0.05, 0) is 20.2 Å². The molecule has 0 atom stereocenters. The fourth-order valence-corrected chi connectivity index (χ4v) is 2.32. The fourth-order valence-electron chi connectivity index (χ4n) is 1.29. The third-order valence-electron chi connectivity index (χ3n) is 2.28. The lowest BCUT2D eigenvalue weighted by atomic mass is 10.3. The molecule has 1 rings (SSSR count). The van der Waals surface area contributed by atoms with Crippen LogP contribution < -0.4 is 4.72 Å². The summed E-state index contributed by atoms with van der Waals surface area (Å²) in [5.74, 6) is -1.18. The second-order valence-electron chi connectivity index (χ2n) is 4.07. The van der Waals surface area contributed by atoms with E-state index in [9.17, 15) is 22.9 Å². The van der Waals surface area contributed by atoms with E-state index in [1.165, 1.54) is 0 Å². The minimum atomic E-state index is -3.86. The number of hydrogen-bond donors (Lipinski definition) is 1. The first-order valence-electron chi connectivity index (χ1n) is 5.32. The molecule has 0 fully saturated rings. The highest BCUT2D eigenvalue weighted by molar-refractivity contribution is 7.89. The molecule has 106 valence electrons. The highest BCUT2D eigenvalue weighted by atomic mass is 32.2. The number of hydrogen-bond acceptors (Lipinski definition) is 5. The molecule has 0 aliphatic rings. The molecule has 0 aliphatic carbocycles. The molecule has 0 unspecified atom stereocenters. The van der Waals surface area contributed by atoms with E-state index in [0.717, 1.165) is 12.1 Å². The van der Waals surface area contributed by atoms with Gasteiger partial charge in [0.05, 0.1) is 9.82 Å². The summed E-state index contributed by atoms with van der Waals surface area (Å²) in [7, 11) is -0.305. The lowest BCUT2D eigenvalue weighted by Gasteiger charge is -2.11. The average molecular weight is 291 g/mol. The minimum Gasteiger partial charge on any atom is -0.308 e. The molecule has 0 amide bonds. The summed E-state index contributed by atoms with van der Waals surface area (Å²) in [5.41, 5.74) is -0.757. The van der Waals surface area contributed by atoms with E-state index in [-0.39, 0.29) is 11.4 Å². The Bertz CT molecular complexity index is 574. The number of rotatable bonds is 6. The zero-order valence-electron chi connectivity index (χ0n) is 10.5. The molecule has 7 nitrogen and oxygen atoms in total. The molecule has 19 heavy (non-hydrogen) atoms. The van der Waals surface area contributed by atoms with Crippen LogP contribution in [-0.2, 0) is 10.0 Å². The first-order chi connectivity index (χ1) is 8.74. The summed E-state index contributed by atoms with van der Waals surface area (Å²) < 4.78 is 39.2. The van der Waals surface area contributed by atoms with Crippen molar-refractivity contribution in [1.29, 1.82) is 0 Å². The van der Waals surface area contributed by atoms with Gasteiger partial charge in [0.15, 0.2) is 0 Å². The van der Waals surface area contributed by atoms with Gasteiger partial charge in [-0.1, -0.05) is 0 Å². The van der Waals surface area contributed by atoms with Gasteiger partial charge in [0.25, 0.3) is 0 Å². The monoisotopic (exact) mass is 291 g/mol. The van der Waals surface area contributed by atoms with Gasteiger partial charge in [0.1, 0.15) is 0 Å². The van der Waals surface area contributed by atoms with Gasteiger partial charge >= 0.3 is 5.69 Å². The molecule has 0 bridgehead atoms. The molecule has 0 aliphatic heterocycles. The van der Waals surface area contributed by atoms with Crippen LogP contribution in [-0.4, -0.2) is 45.4 Å². The van der Waals surface area contributed by atoms with Crippen LogP contribution in [0.1, 0.15) is 0 Å². The number of halogens is 1. The predicted octanol–water partition coefficient (Wildman–Crippen LogP) is 0.574. The van der Waals surface area contributed by atoms with Gasteiger partial charge in [-0.25, -0.2) is 13.1 Å². The molecule has 0 saturated carbocycles. The Balaban J connectivity index is 2.90. The van der Waals surface area contributed by atoms with Crippen molar-refractivity contribution in [3.63, 3.8) is 0 Å². The van der Waals surface area contributed by atoms with E-state index in [1.54, 1.807) is 19.0 Å². The van der Waals surface area contributed by atoms with Crippen molar-refractivity contribution in [2.75, 3.05) is 27.2 Å². The van der Waals surface area contributed by atoms with Crippen molar-refractivity contribution in [2.45, 2.75) is 4.90 Å². The highest BCUT2D eigenvalue weighted by Crippen LogP contribution is 2.20. The molecule has 0 radical (unpaired) electrons. The Hall–Kier alpha value is -1.58. The summed E-state index contributed by atoms with van der Waals surface area (Å²) >= 11 is 0. The topological polar surface area (TPSA) is 92.6 Å². The van der Waals surface area contributed by atoms with Crippen molar-refractivity contribution in [1.82, 2.24) is 9.62 Å². The van der Waals surface area contributed by atoms with Gasteiger partial charge in [-0.3, -0.25) is 10.1 Å². The lowest BCUT2D eigenvalue weighted by molar-refractivity contribution is -0.387. The lowest BCUT2D eigenvalue weighted by Crippen LogP contribution is -2.31. The van der Waals surface area contributed by atoms with E-state index in [4.69, 9.17) is 0 Å². The van der Waals surface area contributed by atoms with Crippen molar-refractivity contribution >= 4 is 15.7 Å². The fraction of sp³-hybridized carbons (Fsp3) is 0.400. The SMILES string of the molecule is CN(C)CCNS(=O)(=O)c1ccc([N+](=O)[O-])c(F)c1. The molecular weight excluding hydrogens is 277 g/mol. The second kappa shape index (κ2) is 6.04. The molecule has 0 spiro atoms. The van der Waals surface area contributed by atoms with E-state index in [0.29, 0.717) is 12.6 Å². The van der Waals surface area contributed by atoms with Crippen molar-refractivity contribution in [2.24, 2.45) is 0 Å². The van der Waals surface area contributed by atoms with E-state index in [2.05, 4.69) is 4.72 Å². The van der Waals surface area contributed by atoms with Crippen LogP contribution in [0.5, 0.6) is 0 Å². The summed E-state index contributed by atoms with van der Waals surface area (Å²) in [5, 5.41) is 10.4. The first kappa shape index (κ1) is 15.5. The van der Waals surface area contributed by atoms with Crippen LogP contribution in [0.15, 0.2) is 23.1 Å². The average Bonchev–Trinajstić information content (AvgIpc) is 2.27. The van der Waals surface area contributed by atoms with Gasteiger partial charge in [0.2, 0.25) is 15.8 Å². The first-order valence-corrected chi connectivity index (χ1v) is 6.80. The molecule has 0 aromatic heterocycles. The van der Waals surface area contributed by atoms with Gasteiger partial charge in [-0.15, -0.1) is 0 Å². The predicted molar refractivity (Wildman–Crippen MR) is 66.8 cm³/mol. The van der Waals surface area contributed by atoms with Crippen molar-refractivity contribution < 1.29 is 17.7 Å². The number of nitro groups is 1. The summed E-state index contributed by atoms with van der Waals surface area (Å²) in [6.07, 6.45) is 0. The third kappa shape index (κ3) is 4.23. The zero-order valence-corrected chi connectivity index (χ0v) is 11.3. The number of benzene rings is 1. The normalized spacial score (nSPS) is 11.8. The smallest absolute Gasteiger partial charge is 0.304 e. The zero-order chi connectivity index (χ0) is 14.6. The number of likely N-dealkylation sites (N-methyl/N-ethyl adjacent to an activating group) is 1. The molecular formula is C10H14FN3O4S. The van der Waals surface area contributed by atoms with Gasteiger partial charge in [0, 0.05) is 25.2 Å². The number of nitro benzene ring substituents is 1. The van der Waals surface area contributed by atoms with E-state index in [1.807, 2.05) is 0 Å². The molecule has 0 saturated heterocycles. The Labute approximate surface area is 110 Å². The summed E-state index contributed by atoms with van der Waals surface area (Å²) in [4.78, 5) is 11.0. The maximum atomic E-state index is 13.3. The molecule has 1 aromatic rings. The number of nitrogens with zero attached hydrogens (tertiary/aromatic N) is 2. The second-order valence-corrected chi connectivity index (χ2v) is 5.84. The van der Waals surface area contributed by atoms with Crippen LogP contribution in [0.3, 0.4) is 0 Å². The van der Waals surface area contributed by atoms with Crippen LogP contribution >= 0.6 is 0 Å². The van der Waals surface area contributed by atoms with Crippen LogP contribution in [0.2, 0.25) is 0 Å². The molecule has 1 N–H and O–H groups in total. The van der Waals surface area contributed by atoms with Crippen LogP contribution in [0.4, 0.5) is 10.1 Å². The maximum Gasteiger partial charge on any atom is 0.304 e. The van der Waals surface area contributed by atoms with Crippen LogP contribution in [0, 0.1) is 15.9 Å². The standard InChI is InChI=1S/C10H14FN3O4S/c1-13(2)6-5-12-19(17,18)8-3-4-10(14(15)16)9(11)7-8/h3-4,7,12H,5-6H2,1-2H3. The largest absolute Gasteiger partial charge is 0.308 e. The Morgan fingerprint density at radius 2 is 2.05 bits per heavy atom. The van der Waals surface area contributed by atoms with Crippen molar-refractivity contribution in [3.8, 4) is 0 Å². The van der Waals surface area contributed by atoms with Crippen molar-refractivity contribution in [3.05, 3.63) is 34.1 Å². The minimum absolute atomic E-state index is 0.161. The molecule has 9 heteroatoms. The van der Waals surface area contributed by atoms with Gasteiger partial charge in [-0.2, -0.15) is 4.39 Å². The summed E-state index contributed by atoms with van der Waals surface area (Å²) in [6.45, 7) is 0.642. The Kier molecular flexibility index (Phi) is 4.92. The number of nitrogens with one attached hydrogen (secondary N) is 1. The van der Waals surface area contributed by atoms with Crippen LogP contribution in [0.25, 0.3) is 0 Å². The maximum absolute atomic E-state index is 13.3.